The van der Waals surface area contributed by atoms with Crippen LogP contribution in [0.5, 0.6) is 0 Å². The number of carboxylic acids is 2. The third kappa shape index (κ3) is 3.06. The van der Waals surface area contributed by atoms with Crippen LogP contribution < -0.4 is 0 Å². The van der Waals surface area contributed by atoms with E-state index >= 15 is 0 Å². The zero-order valence-corrected chi connectivity index (χ0v) is 8.46. The van der Waals surface area contributed by atoms with Crippen LogP contribution in [0, 0.1) is 0 Å². The monoisotopic (exact) mass is 224 g/mol. The molecule has 1 atom stereocenters. The maximum absolute atomic E-state index is 10.8. The van der Waals surface area contributed by atoms with Crippen LogP contribution in [0.3, 0.4) is 0 Å². The molecule has 0 spiro atoms. The first-order valence-corrected chi connectivity index (χ1v) is 4.65. The van der Waals surface area contributed by atoms with E-state index in [4.69, 9.17) is 10.2 Å². The standard InChI is InChI=1S/C11H12O5/c12-9(13)7-11(16,10(14)15)6-8-4-2-1-3-5-8/h1-5,16H,6-7H2,(H,12,13)(H,14,15)/t11-/m0/s1. The fraction of sp³-hybridized carbons (Fsp3) is 0.273. The molecule has 0 fully saturated rings. The van der Waals surface area contributed by atoms with Crippen molar-refractivity contribution in [1.82, 2.24) is 0 Å². The second-order valence-corrected chi connectivity index (χ2v) is 3.57. The van der Waals surface area contributed by atoms with Crippen LogP contribution >= 0.6 is 0 Å². The highest BCUT2D eigenvalue weighted by molar-refractivity contribution is 5.84. The van der Waals surface area contributed by atoms with Gasteiger partial charge in [0.05, 0.1) is 6.42 Å². The van der Waals surface area contributed by atoms with Crippen molar-refractivity contribution in [3.8, 4) is 0 Å². The van der Waals surface area contributed by atoms with Gasteiger partial charge < -0.3 is 15.3 Å². The van der Waals surface area contributed by atoms with Crippen LogP contribution in [0.15, 0.2) is 30.3 Å². The first-order chi connectivity index (χ1) is 7.44. The van der Waals surface area contributed by atoms with E-state index in [0.29, 0.717) is 5.56 Å². The normalized spacial score (nSPS) is 14.1. The SMILES string of the molecule is O=C(O)C[C@@](O)(Cc1ccccc1)C(=O)O. The molecule has 0 saturated heterocycles. The van der Waals surface area contributed by atoms with Gasteiger partial charge in [0.2, 0.25) is 0 Å². The molecule has 0 aliphatic carbocycles. The van der Waals surface area contributed by atoms with Crippen molar-refractivity contribution in [3.05, 3.63) is 35.9 Å². The van der Waals surface area contributed by atoms with Crippen LogP contribution in [0.25, 0.3) is 0 Å². The maximum atomic E-state index is 10.8. The van der Waals surface area contributed by atoms with Gasteiger partial charge in [-0.25, -0.2) is 4.79 Å². The average molecular weight is 224 g/mol. The number of aliphatic hydroxyl groups is 1. The van der Waals surface area contributed by atoms with Gasteiger partial charge in [-0.05, 0) is 5.56 Å². The molecule has 1 aromatic rings. The van der Waals surface area contributed by atoms with Crippen LogP contribution in [0.2, 0.25) is 0 Å². The van der Waals surface area contributed by atoms with Gasteiger partial charge in [-0.15, -0.1) is 0 Å². The van der Waals surface area contributed by atoms with E-state index in [1.54, 1.807) is 30.3 Å². The van der Waals surface area contributed by atoms with Crippen molar-refractivity contribution in [2.45, 2.75) is 18.4 Å². The number of benzene rings is 1. The molecule has 0 aliphatic rings. The van der Waals surface area contributed by atoms with E-state index < -0.39 is 24.0 Å². The molecule has 0 radical (unpaired) electrons. The zero-order valence-electron chi connectivity index (χ0n) is 8.46. The maximum Gasteiger partial charge on any atom is 0.336 e. The molecule has 0 heterocycles. The third-order valence-electron chi connectivity index (χ3n) is 2.18. The number of carboxylic acid groups (broad SMARTS) is 2. The average Bonchev–Trinajstić information content (AvgIpc) is 2.17. The first kappa shape index (κ1) is 12.2. The fourth-order valence-corrected chi connectivity index (χ4v) is 1.40. The van der Waals surface area contributed by atoms with Crippen LogP contribution in [0.4, 0.5) is 0 Å². The van der Waals surface area contributed by atoms with Gasteiger partial charge in [0, 0.05) is 6.42 Å². The molecule has 0 amide bonds. The first-order valence-electron chi connectivity index (χ1n) is 4.65. The fourth-order valence-electron chi connectivity index (χ4n) is 1.40. The van der Waals surface area contributed by atoms with Crippen molar-refractivity contribution in [3.63, 3.8) is 0 Å². The molecule has 1 rings (SSSR count). The van der Waals surface area contributed by atoms with E-state index in [-0.39, 0.29) is 6.42 Å². The van der Waals surface area contributed by atoms with Gasteiger partial charge in [-0.1, -0.05) is 30.3 Å². The van der Waals surface area contributed by atoms with Crippen molar-refractivity contribution in [2.75, 3.05) is 0 Å². The van der Waals surface area contributed by atoms with E-state index in [0.717, 1.165) is 0 Å². The van der Waals surface area contributed by atoms with Gasteiger partial charge in [0.15, 0.2) is 5.60 Å². The predicted molar refractivity (Wildman–Crippen MR) is 55.0 cm³/mol. The summed E-state index contributed by atoms with van der Waals surface area (Å²) in [5.74, 6) is -2.88. The minimum atomic E-state index is -2.26. The Balaban J connectivity index is 2.87. The Kier molecular flexibility index (Phi) is 3.63. The second kappa shape index (κ2) is 4.76. The summed E-state index contributed by atoms with van der Waals surface area (Å²) in [4.78, 5) is 21.3. The molecule has 16 heavy (non-hydrogen) atoms. The van der Waals surface area contributed by atoms with E-state index in [1.807, 2.05) is 0 Å². The van der Waals surface area contributed by atoms with Gasteiger partial charge in [-0.2, -0.15) is 0 Å². The second-order valence-electron chi connectivity index (χ2n) is 3.57. The Labute approximate surface area is 92.0 Å². The summed E-state index contributed by atoms with van der Waals surface area (Å²) < 4.78 is 0. The number of rotatable bonds is 5. The molecule has 86 valence electrons. The number of hydrogen-bond donors (Lipinski definition) is 3. The summed E-state index contributed by atoms with van der Waals surface area (Å²) in [5.41, 5.74) is -1.68. The van der Waals surface area contributed by atoms with Crippen molar-refractivity contribution < 1.29 is 24.9 Å². The van der Waals surface area contributed by atoms with Crippen LogP contribution in [0.1, 0.15) is 12.0 Å². The van der Waals surface area contributed by atoms with Crippen molar-refractivity contribution in [2.24, 2.45) is 0 Å². The molecule has 0 aliphatic heterocycles. The molecule has 0 aromatic heterocycles. The highest BCUT2D eigenvalue weighted by atomic mass is 16.4. The topological polar surface area (TPSA) is 94.8 Å². The van der Waals surface area contributed by atoms with Gasteiger partial charge in [0.25, 0.3) is 0 Å². The number of aliphatic carboxylic acids is 2. The summed E-state index contributed by atoms with van der Waals surface area (Å²) in [7, 11) is 0. The molecule has 0 bridgehead atoms. The zero-order chi connectivity index (χ0) is 12.2. The molecule has 3 N–H and O–H groups in total. The highest BCUT2D eigenvalue weighted by Gasteiger charge is 2.38. The van der Waals surface area contributed by atoms with E-state index in [1.165, 1.54) is 0 Å². The van der Waals surface area contributed by atoms with Crippen LogP contribution in [-0.4, -0.2) is 32.9 Å². The Hall–Kier alpha value is -1.88. The molecule has 0 unspecified atom stereocenters. The summed E-state index contributed by atoms with van der Waals surface area (Å²) in [5, 5.41) is 27.1. The van der Waals surface area contributed by atoms with Crippen LogP contribution in [-0.2, 0) is 16.0 Å². The quantitative estimate of drug-likeness (QED) is 0.677. The van der Waals surface area contributed by atoms with Gasteiger partial charge in [0.1, 0.15) is 0 Å². The summed E-state index contributed by atoms with van der Waals surface area (Å²) in [6.45, 7) is 0. The lowest BCUT2D eigenvalue weighted by Crippen LogP contribution is -2.42. The third-order valence-corrected chi connectivity index (χ3v) is 2.18. The van der Waals surface area contributed by atoms with E-state index in [9.17, 15) is 14.7 Å². The molecule has 0 saturated carbocycles. The molecular formula is C11H12O5. The Morgan fingerprint density at radius 1 is 1.12 bits per heavy atom. The molecule has 5 nitrogen and oxygen atoms in total. The lowest BCUT2D eigenvalue weighted by Gasteiger charge is -2.21. The largest absolute Gasteiger partial charge is 0.481 e. The molecule has 1 aromatic carbocycles. The lowest BCUT2D eigenvalue weighted by atomic mass is 9.91. The summed E-state index contributed by atoms with van der Waals surface area (Å²) >= 11 is 0. The van der Waals surface area contributed by atoms with E-state index in [2.05, 4.69) is 0 Å². The molecular weight excluding hydrogens is 212 g/mol. The molecule has 5 heteroatoms. The smallest absolute Gasteiger partial charge is 0.336 e. The predicted octanol–water partition coefficient (Wildman–Crippen LogP) is 0.519. The van der Waals surface area contributed by atoms with Gasteiger partial charge in [-0.3, -0.25) is 4.79 Å². The lowest BCUT2D eigenvalue weighted by molar-refractivity contribution is -0.165. The minimum Gasteiger partial charge on any atom is -0.481 e. The highest BCUT2D eigenvalue weighted by Crippen LogP contribution is 2.18. The summed E-state index contributed by atoms with van der Waals surface area (Å²) in [6, 6.07) is 8.41. The number of carbonyl (C=O) groups is 2. The van der Waals surface area contributed by atoms with Gasteiger partial charge >= 0.3 is 11.9 Å². The number of hydrogen-bond acceptors (Lipinski definition) is 3. The van der Waals surface area contributed by atoms with Crippen molar-refractivity contribution >= 4 is 11.9 Å². The summed E-state index contributed by atoms with van der Waals surface area (Å²) in [6.07, 6.45) is -1.05. The van der Waals surface area contributed by atoms with Crippen molar-refractivity contribution in [1.29, 1.82) is 0 Å². The Morgan fingerprint density at radius 3 is 2.12 bits per heavy atom. The minimum absolute atomic E-state index is 0.227. The Bertz CT molecular complexity index is 387. The Morgan fingerprint density at radius 2 is 1.69 bits per heavy atom.